The molecule has 0 aliphatic heterocycles. The molecule has 0 heterocycles. The van der Waals surface area contributed by atoms with Gasteiger partial charge in [-0.2, -0.15) is 0 Å². The Balaban J connectivity index is 3.94. The monoisotopic (exact) mass is 149 g/mol. The van der Waals surface area contributed by atoms with Gasteiger partial charge in [0.15, 0.2) is 0 Å². The van der Waals surface area contributed by atoms with Gasteiger partial charge < -0.3 is 20.4 Å². The first-order valence-corrected chi connectivity index (χ1v) is 3.06. The Morgan fingerprint density at radius 1 is 1.60 bits per heavy atom. The lowest BCUT2D eigenvalue weighted by molar-refractivity contribution is -0.0802. The summed E-state index contributed by atoms with van der Waals surface area (Å²) in [7, 11) is 0. The highest BCUT2D eigenvalue weighted by molar-refractivity contribution is 4.90. The molecule has 4 heteroatoms. The highest BCUT2D eigenvalue weighted by atomic mass is 16.4. The molecule has 0 aromatic rings. The number of hydrogen-bond donors (Lipinski definition) is 4. The third-order valence-electron chi connectivity index (χ3n) is 1.46. The minimum atomic E-state index is -1.67. The van der Waals surface area contributed by atoms with Crippen LogP contribution in [0.25, 0.3) is 0 Å². The van der Waals surface area contributed by atoms with E-state index in [2.05, 4.69) is 0 Å². The fraction of sp³-hybridized carbons (Fsp3) is 0.833. The second-order valence-corrected chi connectivity index (χ2v) is 2.27. The van der Waals surface area contributed by atoms with E-state index in [0.29, 0.717) is 6.61 Å². The van der Waals surface area contributed by atoms with Gasteiger partial charge in [-0.3, -0.25) is 0 Å². The van der Waals surface area contributed by atoms with Crippen LogP contribution >= 0.6 is 0 Å². The van der Waals surface area contributed by atoms with Gasteiger partial charge in [0.2, 0.25) is 0 Å². The zero-order chi connectivity index (χ0) is 8.20. The molecular weight excluding hydrogens is 136 g/mol. The number of hydrogen-bond acceptors (Lipinski definition) is 4. The van der Waals surface area contributed by atoms with E-state index >= 15 is 0 Å². The second-order valence-electron chi connectivity index (χ2n) is 2.27. The molecule has 4 N–H and O–H groups in total. The molecule has 0 aromatic carbocycles. The Morgan fingerprint density at radius 3 is 2.20 bits per heavy atom. The van der Waals surface area contributed by atoms with Gasteiger partial charge in [-0.05, 0) is 6.92 Å². The number of aliphatic hydroxyl groups excluding tert-OH is 3. The summed E-state index contributed by atoms with van der Waals surface area (Å²) in [6.45, 7) is 1.55. The molecular formula is C6H13O4. The Kier molecular flexibility index (Phi) is 3.81. The molecule has 0 saturated carbocycles. The van der Waals surface area contributed by atoms with Crippen molar-refractivity contribution in [1.82, 2.24) is 0 Å². The molecule has 0 bridgehead atoms. The fourth-order valence-corrected chi connectivity index (χ4v) is 0.560. The van der Waals surface area contributed by atoms with Crippen LogP contribution in [-0.4, -0.2) is 38.7 Å². The molecule has 2 unspecified atom stereocenters. The van der Waals surface area contributed by atoms with E-state index in [0.717, 1.165) is 0 Å². The summed E-state index contributed by atoms with van der Waals surface area (Å²) in [5.41, 5.74) is -1.67. The smallest absolute Gasteiger partial charge is 0.121 e. The first kappa shape index (κ1) is 9.84. The summed E-state index contributed by atoms with van der Waals surface area (Å²) < 4.78 is 0. The van der Waals surface area contributed by atoms with Crippen molar-refractivity contribution < 1.29 is 20.4 Å². The van der Waals surface area contributed by atoms with Gasteiger partial charge in [0, 0.05) is 13.0 Å². The molecule has 0 saturated heterocycles. The average Bonchev–Trinajstić information content (AvgIpc) is 1.88. The highest BCUT2D eigenvalue weighted by Gasteiger charge is 2.31. The van der Waals surface area contributed by atoms with Crippen molar-refractivity contribution in [2.24, 2.45) is 0 Å². The molecule has 0 rings (SSSR count). The Hall–Kier alpha value is -0.160. The first-order chi connectivity index (χ1) is 4.56. The summed E-state index contributed by atoms with van der Waals surface area (Å²) in [5.74, 6) is 0. The predicted molar refractivity (Wildman–Crippen MR) is 34.6 cm³/mol. The maximum atomic E-state index is 9.18. The third kappa shape index (κ3) is 2.22. The lowest BCUT2D eigenvalue weighted by Crippen LogP contribution is -2.41. The molecule has 0 spiro atoms. The maximum Gasteiger partial charge on any atom is 0.121 e. The van der Waals surface area contributed by atoms with Crippen LogP contribution in [0.2, 0.25) is 0 Å². The number of rotatable bonds is 4. The topological polar surface area (TPSA) is 80.9 Å². The van der Waals surface area contributed by atoms with Gasteiger partial charge in [0.25, 0.3) is 0 Å². The Labute approximate surface area is 59.7 Å². The third-order valence-corrected chi connectivity index (χ3v) is 1.46. The van der Waals surface area contributed by atoms with E-state index in [9.17, 15) is 5.11 Å². The van der Waals surface area contributed by atoms with Crippen molar-refractivity contribution in [3.8, 4) is 0 Å². The molecule has 10 heavy (non-hydrogen) atoms. The van der Waals surface area contributed by atoms with Crippen LogP contribution in [0.15, 0.2) is 0 Å². The molecule has 2 atom stereocenters. The van der Waals surface area contributed by atoms with E-state index in [1.165, 1.54) is 6.92 Å². The molecule has 0 aliphatic carbocycles. The van der Waals surface area contributed by atoms with Gasteiger partial charge in [-0.15, -0.1) is 0 Å². The normalized spacial score (nSPS) is 20.1. The summed E-state index contributed by atoms with van der Waals surface area (Å²) in [4.78, 5) is 0. The first-order valence-electron chi connectivity index (χ1n) is 3.06. The van der Waals surface area contributed by atoms with Gasteiger partial charge in [0.1, 0.15) is 12.2 Å². The van der Waals surface area contributed by atoms with Crippen LogP contribution in [0.1, 0.15) is 13.3 Å². The van der Waals surface area contributed by atoms with Crippen LogP contribution in [0.4, 0.5) is 0 Å². The van der Waals surface area contributed by atoms with Crippen molar-refractivity contribution in [3.63, 3.8) is 0 Å². The molecule has 1 radical (unpaired) electrons. The van der Waals surface area contributed by atoms with E-state index in [-0.39, 0.29) is 13.0 Å². The van der Waals surface area contributed by atoms with E-state index < -0.39 is 11.7 Å². The lowest BCUT2D eigenvalue weighted by Gasteiger charge is -2.27. The van der Waals surface area contributed by atoms with Gasteiger partial charge in [0.05, 0.1) is 6.10 Å². The Bertz CT molecular complexity index is 93.7. The van der Waals surface area contributed by atoms with Crippen LogP contribution in [0, 0.1) is 6.61 Å². The van der Waals surface area contributed by atoms with Crippen LogP contribution < -0.4 is 0 Å². The van der Waals surface area contributed by atoms with Crippen molar-refractivity contribution in [3.05, 3.63) is 6.61 Å². The van der Waals surface area contributed by atoms with Crippen molar-refractivity contribution in [2.75, 3.05) is 6.61 Å². The van der Waals surface area contributed by atoms with Crippen molar-refractivity contribution >= 4 is 0 Å². The largest absolute Gasteiger partial charge is 0.396 e. The van der Waals surface area contributed by atoms with Crippen molar-refractivity contribution in [2.45, 2.75) is 25.0 Å². The molecule has 0 amide bonds. The van der Waals surface area contributed by atoms with Gasteiger partial charge in [-0.1, -0.05) is 0 Å². The molecule has 0 aliphatic rings. The average molecular weight is 149 g/mol. The van der Waals surface area contributed by atoms with Gasteiger partial charge in [-0.25, -0.2) is 0 Å². The van der Waals surface area contributed by atoms with Crippen molar-refractivity contribution in [1.29, 1.82) is 0 Å². The second kappa shape index (κ2) is 3.88. The lowest BCUT2D eigenvalue weighted by atomic mass is 9.95. The summed E-state index contributed by atoms with van der Waals surface area (Å²) >= 11 is 0. The fourth-order valence-electron chi connectivity index (χ4n) is 0.560. The van der Waals surface area contributed by atoms with E-state index in [1.807, 2.05) is 0 Å². The quantitative estimate of drug-likeness (QED) is 0.414. The van der Waals surface area contributed by atoms with E-state index in [4.69, 9.17) is 15.3 Å². The molecule has 0 fully saturated rings. The van der Waals surface area contributed by atoms with Crippen LogP contribution in [0.5, 0.6) is 0 Å². The summed E-state index contributed by atoms with van der Waals surface area (Å²) in [6.07, 6.45) is -1.15. The maximum absolute atomic E-state index is 9.18. The zero-order valence-corrected chi connectivity index (χ0v) is 5.86. The molecule has 61 valence electrons. The summed E-state index contributed by atoms with van der Waals surface area (Å²) in [5, 5.41) is 34.9. The molecule has 0 aromatic heterocycles. The zero-order valence-electron chi connectivity index (χ0n) is 5.86. The standard InChI is InChI=1S/C6H13O4/c1-5(9)6(10,4-8)2-3-7/h4-5,7-10H,2-3H2,1H3. The number of aliphatic hydroxyl groups is 4. The summed E-state index contributed by atoms with van der Waals surface area (Å²) in [6, 6.07) is 0. The molecule has 4 nitrogen and oxygen atoms in total. The van der Waals surface area contributed by atoms with Crippen LogP contribution in [0.3, 0.4) is 0 Å². The highest BCUT2D eigenvalue weighted by Crippen LogP contribution is 2.16. The SMILES string of the molecule is CC(O)C(O)([CH]O)CCO. The van der Waals surface area contributed by atoms with Gasteiger partial charge >= 0.3 is 0 Å². The Morgan fingerprint density at radius 2 is 2.10 bits per heavy atom. The minimum Gasteiger partial charge on any atom is -0.396 e. The van der Waals surface area contributed by atoms with Crippen LogP contribution in [-0.2, 0) is 0 Å². The predicted octanol–water partition coefficient (Wildman–Crippen LogP) is -0.985. The van der Waals surface area contributed by atoms with E-state index in [1.54, 1.807) is 0 Å². The minimum absolute atomic E-state index is 0.0683.